The van der Waals surface area contributed by atoms with E-state index in [0.29, 0.717) is 16.2 Å². The summed E-state index contributed by atoms with van der Waals surface area (Å²) in [5.74, 6) is 0.694. The van der Waals surface area contributed by atoms with Crippen LogP contribution in [0.15, 0.2) is 35.1 Å². The molecule has 4 heteroatoms. The fraction of sp³-hybridized carbons (Fsp3) is 0.375. The Bertz CT molecular complexity index is 699. The molecule has 0 bridgehead atoms. The van der Waals surface area contributed by atoms with Gasteiger partial charge < -0.3 is 4.90 Å². The van der Waals surface area contributed by atoms with E-state index in [4.69, 9.17) is 0 Å². The van der Waals surface area contributed by atoms with E-state index in [1.807, 2.05) is 35.2 Å². The van der Waals surface area contributed by atoms with E-state index in [-0.39, 0.29) is 10.6 Å². The highest BCUT2D eigenvalue weighted by molar-refractivity contribution is 7.12. The number of rotatable bonds is 1. The molecular formula is C16H17NO2S. The topological polar surface area (TPSA) is 37.4 Å². The Morgan fingerprint density at radius 1 is 1.25 bits per heavy atom. The van der Waals surface area contributed by atoms with Crippen molar-refractivity contribution in [1.29, 1.82) is 0 Å². The van der Waals surface area contributed by atoms with Crippen LogP contribution < -0.4 is 4.74 Å². The smallest absolute Gasteiger partial charge is 0.264 e. The van der Waals surface area contributed by atoms with E-state index in [1.54, 1.807) is 0 Å². The maximum Gasteiger partial charge on any atom is 0.264 e. The highest BCUT2D eigenvalue weighted by Crippen LogP contribution is 2.21. The molecule has 2 aromatic rings. The number of hydrogen-bond donors (Lipinski definition) is 0. The fourth-order valence-electron chi connectivity index (χ4n) is 2.61. The Kier molecular flexibility index (Phi) is 3.57. The normalized spacial score (nSPS) is 16.6. The summed E-state index contributed by atoms with van der Waals surface area (Å²) in [6.45, 7) is 3.82. The number of carbonyl (C=O) groups excluding carboxylic acids is 1. The molecular weight excluding hydrogens is 270 g/mol. The average molecular weight is 287 g/mol. The van der Waals surface area contributed by atoms with E-state index in [2.05, 4.69) is 6.92 Å². The molecule has 2 heterocycles. The highest BCUT2D eigenvalue weighted by Gasteiger charge is 2.22. The van der Waals surface area contributed by atoms with Crippen molar-refractivity contribution in [3.05, 3.63) is 44.7 Å². The number of piperidine rings is 1. The summed E-state index contributed by atoms with van der Waals surface area (Å²) in [5.41, 5.74) is 0. The van der Waals surface area contributed by atoms with Gasteiger partial charge in [0.1, 0.15) is 0 Å². The molecule has 0 atom stereocenters. The first-order valence-corrected chi connectivity index (χ1v) is 7.79. The van der Waals surface area contributed by atoms with E-state index in [9.17, 15) is 9.59 Å². The summed E-state index contributed by atoms with van der Waals surface area (Å²) in [5, 5.41) is 1.55. The number of carbonyl (C=O) groups is 1. The monoisotopic (exact) mass is 287 g/mol. The van der Waals surface area contributed by atoms with Crippen LogP contribution >= 0.6 is 11.3 Å². The van der Waals surface area contributed by atoms with E-state index < -0.39 is 0 Å². The molecule has 1 aromatic carbocycles. The van der Waals surface area contributed by atoms with Crippen LogP contribution in [0.1, 0.15) is 29.4 Å². The molecule has 1 saturated heterocycles. The van der Waals surface area contributed by atoms with Crippen molar-refractivity contribution in [3.63, 3.8) is 0 Å². The van der Waals surface area contributed by atoms with Gasteiger partial charge in [0, 0.05) is 18.5 Å². The Hall–Kier alpha value is -1.68. The third-order valence-corrected chi connectivity index (χ3v) is 4.87. The van der Waals surface area contributed by atoms with Gasteiger partial charge in [0.15, 0.2) is 0 Å². The minimum absolute atomic E-state index is 0.00440. The Balaban J connectivity index is 1.94. The number of benzene rings is 1. The third kappa shape index (κ3) is 2.48. The van der Waals surface area contributed by atoms with E-state index in [0.717, 1.165) is 42.7 Å². The lowest BCUT2D eigenvalue weighted by atomic mass is 9.99. The molecule has 1 aliphatic rings. The zero-order valence-corrected chi connectivity index (χ0v) is 12.3. The van der Waals surface area contributed by atoms with Gasteiger partial charge in [-0.3, -0.25) is 9.59 Å². The van der Waals surface area contributed by atoms with Gasteiger partial charge in [-0.1, -0.05) is 36.5 Å². The van der Waals surface area contributed by atoms with Crippen molar-refractivity contribution in [3.8, 4) is 0 Å². The molecule has 1 amide bonds. The quantitative estimate of drug-likeness (QED) is 0.808. The summed E-state index contributed by atoms with van der Waals surface area (Å²) >= 11 is 1.06. The number of fused-ring (bicyclic) bond motifs is 1. The first-order valence-electron chi connectivity index (χ1n) is 6.97. The second-order valence-electron chi connectivity index (χ2n) is 5.46. The second-order valence-corrected chi connectivity index (χ2v) is 6.47. The summed E-state index contributed by atoms with van der Waals surface area (Å²) < 4.78 is -0.0307. The average Bonchev–Trinajstić information content (AvgIpc) is 2.47. The maximum atomic E-state index is 12.5. The summed E-state index contributed by atoms with van der Waals surface area (Å²) in [7, 11) is 0. The zero-order chi connectivity index (χ0) is 14.1. The molecule has 0 saturated carbocycles. The Morgan fingerprint density at radius 3 is 2.70 bits per heavy atom. The molecule has 0 spiro atoms. The molecule has 0 N–H and O–H groups in total. The zero-order valence-electron chi connectivity index (χ0n) is 11.5. The summed E-state index contributed by atoms with van der Waals surface area (Å²) in [4.78, 5) is 27.0. The molecule has 0 unspecified atom stereocenters. The lowest BCUT2D eigenvalue weighted by Crippen LogP contribution is -2.37. The molecule has 1 aromatic heterocycles. The Morgan fingerprint density at radius 2 is 1.95 bits per heavy atom. The number of hydrogen-bond acceptors (Lipinski definition) is 3. The Labute approximate surface area is 121 Å². The predicted molar refractivity (Wildman–Crippen MR) is 82.4 cm³/mol. The molecule has 104 valence electrons. The lowest BCUT2D eigenvalue weighted by Gasteiger charge is -2.30. The minimum atomic E-state index is -0.0307. The summed E-state index contributed by atoms with van der Waals surface area (Å²) in [6.07, 6.45) is 2.10. The molecule has 0 aliphatic carbocycles. The number of likely N-dealkylation sites (tertiary alicyclic amines) is 1. The molecule has 1 aliphatic heterocycles. The van der Waals surface area contributed by atoms with Crippen LogP contribution in [0, 0.1) is 5.92 Å². The first kappa shape index (κ1) is 13.3. The fourth-order valence-corrected chi connectivity index (χ4v) is 3.51. The molecule has 0 radical (unpaired) electrons. The van der Waals surface area contributed by atoms with Crippen LogP contribution in [0.25, 0.3) is 10.8 Å². The van der Waals surface area contributed by atoms with Crippen LogP contribution in [-0.2, 0) is 0 Å². The van der Waals surface area contributed by atoms with Crippen LogP contribution in [0.5, 0.6) is 0 Å². The van der Waals surface area contributed by atoms with Gasteiger partial charge >= 0.3 is 0 Å². The predicted octanol–water partition coefficient (Wildman–Crippen LogP) is 3.13. The summed E-state index contributed by atoms with van der Waals surface area (Å²) in [6, 6.07) is 9.29. The number of nitrogens with zero attached hydrogens (tertiary/aromatic N) is 1. The van der Waals surface area contributed by atoms with Crippen LogP contribution in [0.4, 0.5) is 0 Å². The van der Waals surface area contributed by atoms with E-state index >= 15 is 0 Å². The van der Waals surface area contributed by atoms with Crippen LogP contribution in [0.2, 0.25) is 0 Å². The second kappa shape index (κ2) is 5.37. The largest absolute Gasteiger partial charge is 0.338 e. The van der Waals surface area contributed by atoms with Gasteiger partial charge in [-0.15, -0.1) is 0 Å². The van der Waals surface area contributed by atoms with E-state index in [1.165, 1.54) is 0 Å². The molecule has 20 heavy (non-hydrogen) atoms. The number of amides is 1. The molecule has 3 nitrogen and oxygen atoms in total. The van der Waals surface area contributed by atoms with Gasteiger partial charge in [0.05, 0.1) is 4.88 Å². The first-order chi connectivity index (χ1) is 9.65. The van der Waals surface area contributed by atoms with Crippen molar-refractivity contribution in [2.24, 2.45) is 5.92 Å². The van der Waals surface area contributed by atoms with Gasteiger partial charge in [0.25, 0.3) is 5.91 Å². The van der Waals surface area contributed by atoms with Gasteiger partial charge in [-0.2, -0.15) is 0 Å². The van der Waals surface area contributed by atoms with Crippen molar-refractivity contribution < 1.29 is 4.79 Å². The highest BCUT2D eigenvalue weighted by atomic mass is 32.1. The standard InChI is InChI=1S/C16H17NO2S/c1-11-6-8-17(9-7-11)15(18)14-10-12-4-2-3-5-13(12)16(19)20-14/h2-5,10-11H,6-9H2,1H3. The lowest BCUT2D eigenvalue weighted by molar-refractivity contribution is 0.0702. The van der Waals surface area contributed by atoms with Crippen molar-refractivity contribution >= 4 is 28.0 Å². The maximum absolute atomic E-state index is 12.5. The molecule has 1 fully saturated rings. The SMILES string of the molecule is CC1CCN(C(=O)c2cc3ccccc3c(=O)s2)CC1. The minimum Gasteiger partial charge on any atom is -0.338 e. The van der Waals surface area contributed by atoms with Crippen LogP contribution in [0.3, 0.4) is 0 Å². The van der Waals surface area contributed by atoms with Gasteiger partial charge in [-0.05, 0) is 36.3 Å². The van der Waals surface area contributed by atoms with Crippen molar-refractivity contribution in [2.45, 2.75) is 19.8 Å². The van der Waals surface area contributed by atoms with Crippen LogP contribution in [-0.4, -0.2) is 23.9 Å². The van der Waals surface area contributed by atoms with Crippen molar-refractivity contribution in [2.75, 3.05) is 13.1 Å². The third-order valence-electron chi connectivity index (χ3n) is 3.95. The van der Waals surface area contributed by atoms with Gasteiger partial charge in [-0.25, -0.2) is 0 Å². The van der Waals surface area contributed by atoms with Gasteiger partial charge in [0.2, 0.25) is 4.74 Å². The van der Waals surface area contributed by atoms with Crippen molar-refractivity contribution in [1.82, 2.24) is 4.90 Å². The molecule has 3 rings (SSSR count).